The standard InChI is InChI=1S/C36H55F2N5O4Si2/c1-24(41-9-11-45-12-10-41)30(44)18-25-17-28-34(32(38)31(25)37)42(22-46-13-15-48(3,4)5)35(39-28)33-27-19-26-20-36(26,2)21-29(27)43(40-33)23-47-14-16-49(6,7)8/h17,24,26H,9-16,18-23H2,1-8H3/t24-,26+,36+/m0/s1. The molecule has 3 aliphatic rings. The first-order valence-corrected chi connectivity index (χ1v) is 25.4. The summed E-state index contributed by atoms with van der Waals surface area (Å²) in [5.74, 6) is -1.15. The molecule has 0 bridgehead atoms. The zero-order chi connectivity index (χ0) is 35.3. The molecule has 2 aliphatic carbocycles. The SMILES string of the molecule is C[C@@H](C(=O)Cc1cc2nc(-c3nn(COCC[Si](C)(C)C)c4c3C[C@@H]3C[C@]3(C)C4)n(COCC[Si](C)(C)C)c2c(F)c1F)N1CCOCC1. The van der Waals surface area contributed by atoms with Gasteiger partial charge in [-0.2, -0.15) is 5.10 Å². The van der Waals surface area contributed by atoms with E-state index >= 15 is 8.78 Å². The van der Waals surface area contributed by atoms with Gasteiger partial charge in [0.2, 0.25) is 0 Å². The van der Waals surface area contributed by atoms with Gasteiger partial charge in [0.05, 0.1) is 24.8 Å². The summed E-state index contributed by atoms with van der Waals surface area (Å²) >= 11 is 0. The Kier molecular flexibility index (Phi) is 10.4. The van der Waals surface area contributed by atoms with Gasteiger partial charge in [-0.3, -0.25) is 14.3 Å². The van der Waals surface area contributed by atoms with Crippen LogP contribution >= 0.6 is 0 Å². The Hall–Kier alpha value is -2.30. The minimum Gasteiger partial charge on any atom is -0.379 e. The smallest absolute Gasteiger partial charge is 0.185 e. The van der Waals surface area contributed by atoms with Crippen LogP contribution in [-0.4, -0.2) is 91.7 Å². The fraction of sp³-hybridized carbons (Fsp3) is 0.694. The molecule has 0 N–H and O–H groups in total. The lowest BCUT2D eigenvalue weighted by Gasteiger charge is -2.31. The third-order valence-corrected chi connectivity index (χ3v) is 14.2. The van der Waals surface area contributed by atoms with E-state index in [9.17, 15) is 4.79 Å². The summed E-state index contributed by atoms with van der Waals surface area (Å²) in [6, 6.07) is 3.12. The van der Waals surface area contributed by atoms with Crippen molar-refractivity contribution in [2.45, 2.75) is 110 Å². The van der Waals surface area contributed by atoms with E-state index in [0.29, 0.717) is 69.2 Å². The Morgan fingerprint density at radius 1 is 1.04 bits per heavy atom. The third kappa shape index (κ3) is 8.12. The number of rotatable bonds is 15. The summed E-state index contributed by atoms with van der Waals surface area (Å²) in [5.41, 5.74) is 3.56. The molecule has 0 radical (unpaired) electrons. The highest BCUT2D eigenvalue weighted by molar-refractivity contribution is 6.76. The highest BCUT2D eigenvalue weighted by Gasteiger charge is 2.54. The van der Waals surface area contributed by atoms with Crippen LogP contribution in [-0.2, 0) is 51.7 Å². The average molecular weight is 716 g/mol. The van der Waals surface area contributed by atoms with E-state index in [0.717, 1.165) is 42.6 Å². The van der Waals surface area contributed by atoms with Crippen molar-refractivity contribution in [3.05, 3.63) is 34.5 Å². The second-order valence-electron chi connectivity index (χ2n) is 17.3. The van der Waals surface area contributed by atoms with E-state index in [4.69, 9.17) is 24.3 Å². The topological polar surface area (TPSA) is 83.6 Å². The van der Waals surface area contributed by atoms with E-state index in [2.05, 4.69) is 46.2 Å². The van der Waals surface area contributed by atoms with Crippen molar-refractivity contribution in [3.63, 3.8) is 0 Å². The molecule has 0 unspecified atom stereocenters. The number of ketones is 1. The number of benzene rings is 1. The van der Waals surface area contributed by atoms with Crippen LogP contribution in [0.5, 0.6) is 0 Å². The van der Waals surface area contributed by atoms with Crippen molar-refractivity contribution in [3.8, 4) is 11.5 Å². The molecule has 1 aliphatic heterocycles. The Labute approximate surface area is 291 Å². The molecule has 3 heterocycles. The van der Waals surface area contributed by atoms with Gasteiger partial charge >= 0.3 is 0 Å². The molecule has 2 aromatic heterocycles. The molecule has 6 rings (SSSR count). The van der Waals surface area contributed by atoms with Crippen LogP contribution < -0.4 is 0 Å². The summed E-state index contributed by atoms with van der Waals surface area (Å²) in [6.45, 7) is 21.9. The third-order valence-electron chi connectivity index (χ3n) is 10.8. The number of halogens is 2. The Morgan fingerprint density at radius 3 is 2.35 bits per heavy atom. The van der Waals surface area contributed by atoms with Crippen molar-refractivity contribution in [1.82, 2.24) is 24.2 Å². The molecule has 1 saturated carbocycles. The molecule has 13 heteroatoms. The number of hydrogen-bond acceptors (Lipinski definition) is 7. The van der Waals surface area contributed by atoms with Crippen LogP contribution in [0.2, 0.25) is 51.4 Å². The first kappa shape index (κ1) is 36.5. The number of ether oxygens (including phenoxy) is 3. The van der Waals surface area contributed by atoms with Crippen molar-refractivity contribution in [2.24, 2.45) is 11.3 Å². The fourth-order valence-corrected chi connectivity index (χ4v) is 8.69. The van der Waals surface area contributed by atoms with Crippen LogP contribution in [0.1, 0.15) is 37.1 Å². The van der Waals surface area contributed by atoms with E-state index in [-0.39, 0.29) is 35.4 Å². The van der Waals surface area contributed by atoms with Gasteiger partial charge in [-0.15, -0.1) is 0 Å². The number of carbonyl (C=O) groups excluding carboxylic acids is 1. The monoisotopic (exact) mass is 715 g/mol. The molecule has 2 fully saturated rings. The van der Waals surface area contributed by atoms with Crippen LogP contribution in [0, 0.1) is 23.0 Å². The van der Waals surface area contributed by atoms with Crippen molar-refractivity contribution >= 4 is 33.0 Å². The molecule has 3 atom stereocenters. The lowest BCUT2D eigenvalue weighted by atomic mass is 9.87. The van der Waals surface area contributed by atoms with Gasteiger partial charge in [-0.1, -0.05) is 46.2 Å². The Bertz CT molecular complexity index is 1690. The molecule has 1 saturated heterocycles. The molecule has 0 amide bonds. The second kappa shape index (κ2) is 14.0. The number of nitrogens with zero attached hydrogens (tertiary/aromatic N) is 5. The molecule has 3 aromatic rings. The van der Waals surface area contributed by atoms with E-state index in [1.165, 1.54) is 0 Å². The molecular weight excluding hydrogens is 661 g/mol. The number of aromatic nitrogens is 4. The zero-order valence-corrected chi connectivity index (χ0v) is 32.8. The molecule has 270 valence electrons. The highest BCUT2D eigenvalue weighted by atomic mass is 28.3. The van der Waals surface area contributed by atoms with Gasteiger partial charge in [0, 0.05) is 65.7 Å². The van der Waals surface area contributed by atoms with Gasteiger partial charge < -0.3 is 14.2 Å². The molecule has 9 nitrogen and oxygen atoms in total. The molecule has 0 spiro atoms. The minimum absolute atomic E-state index is 0.0167. The number of Topliss-reactive ketones (excluding diaryl/α,β-unsaturated/α-hetero) is 1. The van der Waals surface area contributed by atoms with Crippen molar-refractivity contribution in [1.29, 1.82) is 0 Å². The number of morpholine rings is 1. The minimum atomic E-state index is -1.38. The number of fused-ring (bicyclic) bond motifs is 3. The van der Waals surface area contributed by atoms with Crippen molar-refractivity contribution < 1.29 is 27.8 Å². The molecule has 49 heavy (non-hydrogen) atoms. The first-order valence-electron chi connectivity index (χ1n) is 18.0. The predicted molar refractivity (Wildman–Crippen MR) is 193 cm³/mol. The summed E-state index contributed by atoms with van der Waals surface area (Å²) in [7, 11) is -2.64. The van der Waals surface area contributed by atoms with E-state index < -0.39 is 33.8 Å². The van der Waals surface area contributed by atoms with Crippen molar-refractivity contribution in [2.75, 3.05) is 39.5 Å². The molecule has 1 aromatic carbocycles. The number of carbonyl (C=O) groups is 1. The maximum Gasteiger partial charge on any atom is 0.185 e. The van der Waals surface area contributed by atoms with Gasteiger partial charge in [0.25, 0.3) is 0 Å². The van der Waals surface area contributed by atoms with Gasteiger partial charge in [-0.25, -0.2) is 18.4 Å². The highest BCUT2D eigenvalue weighted by Crippen LogP contribution is 2.60. The predicted octanol–water partition coefficient (Wildman–Crippen LogP) is 6.76. The van der Waals surface area contributed by atoms with Gasteiger partial charge in [-0.05, 0) is 55.7 Å². The number of hydrogen-bond donors (Lipinski definition) is 0. The van der Waals surface area contributed by atoms with Gasteiger partial charge in [0.1, 0.15) is 24.7 Å². The zero-order valence-electron chi connectivity index (χ0n) is 30.8. The van der Waals surface area contributed by atoms with Crippen LogP contribution in [0.3, 0.4) is 0 Å². The summed E-state index contributed by atoms with van der Waals surface area (Å²) in [6.07, 6.45) is 2.71. The van der Waals surface area contributed by atoms with E-state index in [1.54, 1.807) is 10.6 Å². The Balaban J connectivity index is 1.37. The second-order valence-corrected chi connectivity index (χ2v) is 28.5. The van der Waals surface area contributed by atoms with Crippen LogP contribution in [0.25, 0.3) is 22.6 Å². The quantitative estimate of drug-likeness (QED) is 0.127. The maximum atomic E-state index is 16.3. The van der Waals surface area contributed by atoms with E-state index in [1.807, 2.05) is 16.5 Å². The average Bonchev–Trinajstić information content (AvgIpc) is 3.39. The van der Waals surface area contributed by atoms with Crippen LogP contribution in [0.4, 0.5) is 8.78 Å². The largest absolute Gasteiger partial charge is 0.379 e. The maximum absolute atomic E-state index is 16.3. The fourth-order valence-electron chi connectivity index (χ4n) is 7.18. The molecular formula is C36H55F2N5O4Si2. The normalized spacial score (nSPS) is 22.0. The van der Waals surface area contributed by atoms with Crippen LogP contribution in [0.15, 0.2) is 6.07 Å². The first-order chi connectivity index (χ1) is 23.0. The number of imidazole rings is 1. The summed E-state index contributed by atoms with van der Waals surface area (Å²) in [4.78, 5) is 20.3. The lowest BCUT2D eigenvalue weighted by Crippen LogP contribution is -2.46. The Morgan fingerprint density at radius 2 is 1.69 bits per heavy atom. The summed E-state index contributed by atoms with van der Waals surface area (Å²) in [5, 5.41) is 5.09. The van der Waals surface area contributed by atoms with Gasteiger partial charge in [0.15, 0.2) is 23.2 Å². The lowest BCUT2D eigenvalue weighted by molar-refractivity contribution is -0.124. The summed E-state index contributed by atoms with van der Waals surface area (Å²) < 4.78 is 53.5.